The van der Waals surface area contributed by atoms with E-state index in [9.17, 15) is 24.6 Å². The summed E-state index contributed by atoms with van der Waals surface area (Å²) in [5.41, 5.74) is 0.589. The van der Waals surface area contributed by atoms with Gasteiger partial charge in [-0.1, -0.05) is 42.2 Å². The van der Waals surface area contributed by atoms with Gasteiger partial charge in [0.25, 0.3) is 0 Å². The van der Waals surface area contributed by atoms with Gasteiger partial charge in [-0.3, -0.25) is 9.69 Å². The molecule has 1 aromatic rings. The molecular formula is C26H33N3O8. The SMILES string of the molecule is CC(C)(C)OC(=O)NC(CC(=O)OCC#CC1=CN(C2CC(O)C(CO)O2)C(=O)NC1)c1ccccc1. The molecule has 11 heteroatoms. The maximum absolute atomic E-state index is 12.5. The molecular weight excluding hydrogens is 482 g/mol. The summed E-state index contributed by atoms with van der Waals surface area (Å²) >= 11 is 0. The van der Waals surface area contributed by atoms with Crippen molar-refractivity contribution in [2.45, 2.75) is 63.7 Å². The molecule has 0 aliphatic carbocycles. The van der Waals surface area contributed by atoms with Crippen LogP contribution in [0.2, 0.25) is 0 Å². The molecule has 0 spiro atoms. The molecule has 2 aliphatic heterocycles. The molecule has 4 unspecified atom stereocenters. The van der Waals surface area contributed by atoms with Gasteiger partial charge in [0.05, 0.1) is 31.7 Å². The van der Waals surface area contributed by atoms with Gasteiger partial charge in [0, 0.05) is 18.2 Å². The lowest BCUT2D eigenvalue weighted by molar-refractivity contribution is -0.142. The fourth-order valence-corrected chi connectivity index (χ4v) is 3.75. The third kappa shape index (κ3) is 8.49. The van der Waals surface area contributed by atoms with Crippen molar-refractivity contribution in [3.63, 3.8) is 0 Å². The Morgan fingerprint density at radius 3 is 2.68 bits per heavy atom. The molecule has 1 fully saturated rings. The molecule has 1 aromatic carbocycles. The summed E-state index contributed by atoms with van der Waals surface area (Å²) in [5.74, 6) is 5.03. The topological polar surface area (TPSA) is 147 Å². The lowest BCUT2D eigenvalue weighted by Gasteiger charge is -2.29. The number of urea groups is 1. The smallest absolute Gasteiger partial charge is 0.408 e. The highest BCUT2D eigenvalue weighted by Crippen LogP contribution is 2.25. The van der Waals surface area contributed by atoms with Crippen LogP contribution in [0.1, 0.15) is 45.2 Å². The standard InChI is InChI=1S/C26H33N3O8/c1-26(2,3)37-25(34)28-19(18-9-5-4-6-10-18)12-23(32)35-11-7-8-17-14-27-24(33)29(15-17)22-13-20(31)21(16-30)36-22/h4-6,9-10,15,19-22,30-31H,11-14,16H2,1-3H3,(H,27,33)(H,28,34). The molecule has 3 amide bonds. The van der Waals surface area contributed by atoms with Crippen LogP contribution in [0.4, 0.5) is 9.59 Å². The molecule has 200 valence electrons. The van der Waals surface area contributed by atoms with E-state index in [1.54, 1.807) is 45.0 Å². The Morgan fingerprint density at radius 2 is 2.03 bits per heavy atom. The van der Waals surface area contributed by atoms with Crippen molar-refractivity contribution in [1.29, 1.82) is 0 Å². The number of carbonyl (C=O) groups is 3. The van der Waals surface area contributed by atoms with E-state index in [4.69, 9.17) is 14.2 Å². The zero-order chi connectivity index (χ0) is 27.0. The Balaban J connectivity index is 1.56. The number of ether oxygens (including phenoxy) is 3. The van der Waals surface area contributed by atoms with Crippen LogP contribution in [0.5, 0.6) is 0 Å². The van der Waals surface area contributed by atoms with Crippen molar-refractivity contribution in [2.24, 2.45) is 0 Å². The number of amides is 3. The van der Waals surface area contributed by atoms with Gasteiger partial charge in [0.1, 0.15) is 17.9 Å². The first-order valence-electron chi connectivity index (χ1n) is 12.0. The van der Waals surface area contributed by atoms with Crippen LogP contribution in [0.25, 0.3) is 0 Å². The summed E-state index contributed by atoms with van der Waals surface area (Å²) in [4.78, 5) is 38.2. The highest BCUT2D eigenvalue weighted by Gasteiger charge is 2.39. The Labute approximate surface area is 215 Å². The van der Waals surface area contributed by atoms with Crippen LogP contribution in [-0.4, -0.2) is 77.0 Å². The number of nitrogens with zero attached hydrogens (tertiary/aromatic N) is 1. The van der Waals surface area contributed by atoms with Gasteiger partial charge >= 0.3 is 18.1 Å². The summed E-state index contributed by atoms with van der Waals surface area (Å²) in [7, 11) is 0. The highest BCUT2D eigenvalue weighted by molar-refractivity contribution is 5.78. The number of aliphatic hydroxyl groups excluding tert-OH is 2. The van der Waals surface area contributed by atoms with Crippen molar-refractivity contribution in [3.05, 3.63) is 47.7 Å². The molecule has 0 radical (unpaired) electrons. The summed E-state index contributed by atoms with van der Waals surface area (Å²) in [6, 6.07) is 7.97. The number of carbonyl (C=O) groups excluding carboxylic acids is 3. The Morgan fingerprint density at radius 1 is 1.30 bits per heavy atom. The number of esters is 1. The number of rotatable bonds is 7. The molecule has 4 N–H and O–H groups in total. The quantitative estimate of drug-likeness (QED) is 0.316. The van der Waals surface area contributed by atoms with Crippen molar-refractivity contribution in [3.8, 4) is 11.8 Å². The minimum atomic E-state index is -0.878. The third-order valence-electron chi connectivity index (χ3n) is 5.47. The second-order valence-corrected chi connectivity index (χ2v) is 9.61. The van der Waals surface area contributed by atoms with E-state index < -0.39 is 48.2 Å². The van der Waals surface area contributed by atoms with Crippen LogP contribution in [0.3, 0.4) is 0 Å². The van der Waals surface area contributed by atoms with Gasteiger partial charge in [-0.05, 0) is 26.3 Å². The molecule has 3 rings (SSSR count). The molecule has 2 heterocycles. The molecule has 37 heavy (non-hydrogen) atoms. The van der Waals surface area contributed by atoms with Crippen molar-refractivity contribution in [2.75, 3.05) is 19.8 Å². The van der Waals surface area contributed by atoms with Crippen LogP contribution in [0.15, 0.2) is 42.1 Å². The van der Waals surface area contributed by atoms with E-state index in [1.165, 1.54) is 11.1 Å². The Kier molecular flexibility index (Phi) is 9.52. The van der Waals surface area contributed by atoms with Gasteiger partial charge in [0.15, 0.2) is 6.61 Å². The molecule has 0 bridgehead atoms. The molecule has 4 atom stereocenters. The predicted octanol–water partition coefficient (Wildman–Crippen LogP) is 1.57. The number of hydrogen-bond donors (Lipinski definition) is 4. The van der Waals surface area contributed by atoms with E-state index in [1.807, 2.05) is 6.07 Å². The van der Waals surface area contributed by atoms with E-state index in [0.717, 1.165) is 5.56 Å². The van der Waals surface area contributed by atoms with Gasteiger partial charge in [-0.25, -0.2) is 9.59 Å². The zero-order valence-electron chi connectivity index (χ0n) is 21.1. The molecule has 0 aromatic heterocycles. The molecule has 11 nitrogen and oxygen atoms in total. The minimum absolute atomic E-state index is 0.120. The summed E-state index contributed by atoms with van der Waals surface area (Å²) < 4.78 is 16.1. The van der Waals surface area contributed by atoms with Crippen LogP contribution in [-0.2, 0) is 19.0 Å². The Bertz CT molecular complexity index is 1060. The summed E-state index contributed by atoms with van der Waals surface area (Å²) in [6.07, 6.45) is -1.45. The molecule has 2 aliphatic rings. The highest BCUT2D eigenvalue weighted by atomic mass is 16.6. The fourth-order valence-electron chi connectivity index (χ4n) is 3.75. The first kappa shape index (κ1) is 28.0. The van der Waals surface area contributed by atoms with Crippen LogP contribution >= 0.6 is 0 Å². The number of hydrogen-bond acceptors (Lipinski definition) is 8. The van der Waals surface area contributed by atoms with Gasteiger partial charge in [0.2, 0.25) is 0 Å². The van der Waals surface area contributed by atoms with E-state index >= 15 is 0 Å². The second kappa shape index (κ2) is 12.6. The van der Waals surface area contributed by atoms with Crippen molar-refractivity contribution in [1.82, 2.24) is 15.5 Å². The maximum Gasteiger partial charge on any atom is 0.408 e. The number of nitrogens with one attached hydrogen (secondary N) is 2. The molecule has 0 saturated carbocycles. The van der Waals surface area contributed by atoms with Crippen LogP contribution < -0.4 is 10.6 Å². The Hall–Kier alpha value is -3.59. The summed E-state index contributed by atoms with van der Waals surface area (Å²) in [6.45, 7) is 4.89. The zero-order valence-corrected chi connectivity index (χ0v) is 21.1. The van der Waals surface area contributed by atoms with Crippen molar-refractivity contribution >= 4 is 18.1 Å². The average Bonchev–Trinajstić information content (AvgIpc) is 3.22. The minimum Gasteiger partial charge on any atom is -0.452 e. The first-order chi connectivity index (χ1) is 17.6. The third-order valence-corrected chi connectivity index (χ3v) is 5.47. The predicted molar refractivity (Wildman–Crippen MR) is 132 cm³/mol. The summed E-state index contributed by atoms with van der Waals surface area (Å²) in [5, 5.41) is 24.6. The lowest BCUT2D eigenvalue weighted by atomic mass is 10.0. The first-order valence-corrected chi connectivity index (χ1v) is 12.0. The van der Waals surface area contributed by atoms with E-state index in [2.05, 4.69) is 22.5 Å². The van der Waals surface area contributed by atoms with Crippen LogP contribution in [0, 0.1) is 11.8 Å². The monoisotopic (exact) mass is 515 g/mol. The second-order valence-electron chi connectivity index (χ2n) is 9.61. The van der Waals surface area contributed by atoms with Gasteiger partial charge in [-0.2, -0.15) is 0 Å². The van der Waals surface area contributed by atoms with Gasteiger partial charge in [-0.15, -0.1) is 0 Å². The van der Waals surface area contributed by atoms with Crippen molar-refractivity contribution < 1.29 is 38.8 Å². The van der Waals surface area contributed by atoms with E-state index in [-0.39, 0.29) is 32.6 Å². The largest absolute Gasteiger partial charge is 0.452 e. The van der Waals surface area contributed by atoms with Gasteiger partial charge < -0.3 is 35.1 Å². The fraction of sp³-hybridized carbons (Fsp3) is 0.500. The number of alkyl carbamates (subject to hydrolysis) is 1. The number of benzene rings is 1. The normalized spacial score (nSPS) is 22.2. The molecule has 1 saturated heterocycles. The maximum atomic E-state index is 12.5. The van der Waals surface area contributed by atoms with E-state index in [0.29, 0.717) is 5.57 Å². The number of aliphatic hydroxyl groups is 2. The average molecular weight is 516 g/mol. The lowest BCUT2D eigenvalue weighted by Crippen LogP contribution is -2.47.